The lowest BCUT2D eigenvalue weighted by atomic mass is 10.0. The van der Waals surface area contributed by atoms with E-state index in [0.717, 1.165) is 0 Å². The van der Waals surface area contributed by atoms with E-state index >= 15 is 0 Å². The van der Waals surface area contributed by atoms with Crippen molar-refractivity contribution in [3.63, 3.8) is 0 Å². The maximum atomic E-state index is 11.7. The minimum absolute atomic E-state index is 0.126. The molecule has 2 amide bonds. The fourth-order valence-corrected chi connectivity index (χ4v) is 1.39. The van der Waals surface area contributed by atoms with Gasteiger partial charge in [-0.05, 0) is 12.8 Å². The Hall–Kier alpha value is -2.63. The molecule has 156 valence electrons. The number of rotatable bonds is 10. The highest BCUT2D eigenvalue weighted by atomic mass is 19.1. The third-order valence-electron chi connectivity index (χ3n) is 3.06. The Morgan fingerprint density at radius 2 is 1.41 bits per heavy atom. The van der Waals surface area contributed by atoms with Crippen LogP contribution < -0.4 is 16.4 Å². The predicted octanol–water partition coefficient (Wildman–Crippen LogP) is -0.987. The highest BCUT2D eigenvalue weighted by molar-refractivity contribution is 5.92. The SMILES string of the molecule is CC(NC(=O)C(N)C(C)C)C(=O)NC(CC(=O)O)C(=O)O.O=C(CF)CF. The molecule has 0 aliphatic heterocycles. The molecule has 0 spiro atoms. The number of halogens is 2. The maximum absolute atomic E-state index is 11.7. The molecule has 0 aromatic heterocycles. The third kappa shape index (κ3) is 12.4. The number of carbonyl (C=O) groups is 5. The summed E-state index contributed by atoms with van der Waals surface area (Å²) >= 11 is 0. The lowest BCUT2D eigenvalue weighted by Gasteiger charge is -2.20. The van der Waals surface area contributed by atoms with Gasteiger partial charge in [-0.2, -0.15) is 0 Å². The molecule has 0 rings (SSSR count). The number of carboxylic acids is 2. The number of nitrogens with two attached hydrogens (primary N) is 1. The summed E-state index contributed by atoms with van der Waals surface area (Å²) in [7, 11) is 0. The normalized spacial score (nSPS) is 13.4. The van der Waals surface area contributed by atoms with Gasteiger partial charge in [0.15, 0.2) is 19.1 Å². The van der Waals surface area contributed by atoms with Crippen LogP contribution in [0, 0.1) is 5.92 Å². The quantitative estimate of drug-likeness (QED) is 0.312. The molecule has 27 heavy (non-hydrogen) atoms. The third-order valence-corrected chi connectivity index (χ3v) is 3.06. The van der Waals surface area contributed by atoms with Gasteiger partial charge in [0.05, 0.1) is 12.5 Å². The van der Waals surface area contributed by atoms with Crippen molar-refractivity contribution in [3.8, 4) is 0 Å². The number of ketones is 1. The molecule has 0 saturated heterocycles. The Balaban J connectivity index is 0. The van der Waals surface area contributed by atoms with Crippen LogP contribution in [0.2, 0.25) is 0 Å². The number of Topliss-reactive ketones (excluding diaryl/α,β-unsaturated/α-hetero) is 1. The highest BCUT2D eigenvalue weighted by Crippen LogP contribution is 1.99. The van der Waals surface area contributed by atoms with Crippen molar-refractivity contribution in [3.05, 3.63) is 0 Å². The molecule has 0 bridgehead atoms. The number of hydrogen-bond acceptors (Lipinski definition) is 6. The van der Waals surface area contributed by atoms with Crippen LogP contribution in [0.3, 0.4) is 0 Å². The van der Waals surface area contributed by atoms with Crippen LogP contribution in [0.1, 0.15) is 27.2 Å². The fraction of sp³-hybridized carbons (Fsp3) is 0.667. The summed E-state index contributed by atoms with van der Waals surface area (Å²) < 4.78 is 21.6. The van der Waals surface area contributed by atoms with E-state index in [2.05, 4.69) is 5.32 Å². The second-order valence-electron chi connectivity index (χ2n) is 5.80. The van der Waals surface area contributed by atoms with Crippen LogP contribution in [-0.2, 0) is 24.0 Å². The lowest BCUT2D eigenvalue weighted by Crippen LogP contribution is -2.54. The van der Waals surface area contributed by atoms with Gasteiger partial charge in [0.25, 0.3) is 0 Å². The summed E-state index contributed by atoms with van der Waals surface area (Å²) in [6.45, 7) is 2.46. The van der Waals surface area contributed by atoms with E-state index in [-0.39, 0.29) is 5.92 Å². The Morgan fingerprint density at radius 3 is 1.70 bits per heavy atom. The van der Waals surface area contributed by atoms with Gasteiger partial charge >= 0.3 is 11.9 Å². The summed E-state index contributed by atoms with van der Waals surface area (Å²) in [5.41, 5.74) is 5.61. The second kappa shape index (κ2) is 13.6. The monoisotopic (exact) mass is 397 g/mol. The van der Waals surface area contributed by atoms with Gasteiger partial charge in [-0.1, -0.05) is 13.8 Å². The van der Waals surface area contributed by atoms with Crippen molar-refractivity contribution in [2.24, 2.45) is 11.7 Å². The van der Waals surface area contributed by atoms with E-state index < -0.39 is 67.4 Å². The average molecular weight is 397 g/mol. The number of carboxylic acid groups (broad SMARTS) is 2. The molecule has 0 aromatic rings. The number of hydrogen-bond donors (Lipinski definition) is 5. The highest BCUT2D eigenvalue weighted by Gasteiger charge is 2.27. The van der Waals surface area contributed by atoms with E-state index in [4.69, 9.17) is 15.9 Å². The smallest absolute Gasteiger partial charge is 0.326 e. The fourth-order valence-electron chi connectivity index (χ4n) is 1.39. The van der Waals surface area contributed by atoms with Crippen LogP contribution in [0.15, 0.2) is 0 Å². The minimum atomic E-state index is -1.56. The summed E-state index contributed by atoms with van der Waals surface area (Å²) in [6, 6.07) is -3.39. The maximum Gasteiger partial charge on any atom is 0.326 e. The van der Waals surface area contributed by atoms with Gasteiger partial charge in [-0.15, -0.1) is 0 Å². The van der Waals surface area contributed by atoms with Crippen molar-refractivity contribution in [2.75, 3.05) is 13.3 Å². The molecule has 0 radical (unpaired) electrons. The van der Waals surface area contributed by atoms with Gasteiger partial charge in [0.1, 0.15) is 12.1 Å². The Labute approximate surface area is 154 Å². The largest absolute Gasteiger partial charge is 0.481 e. The van der Waals surface area contributed by atoms with Crippen LogP contribution in [0.25, 0.3) is 0 Å². The van der Waals surface area contributed by atoms with Gasteiger partial charge in [-0.3, -0.25) is 19.2 Å². The topological polar surface area (TPSA) is 176 Å². The van der Waals surface area contributed by atoms with Crippen molar-refractivity contribution >= 4 is 29.5 Å². The molecule has 0 aromatic carbocycles. The average Bonchev–Trinajstić information content (AvgIpc) is 2.59. The van der Waals surface area contributed by atoms with E-state index in [1.165, 1.54) is 6.92 Å². The van der Waals surface area contributed by atoms with Gasteiger partial charge in [0.2, 0.25) is 11.8 Å². The van der Waals surface area contributed by atoms with E-state index in [1.54, 1.807) is 13.8 Å². The van der Waals surface area contributed by atoms with E-state index in [1.807, 2.05) is 5.32 Å². The first-order valence-corrected chi connectivity index (χ1v) is 7.81. The molecule has 0 fully saturated rings. The molecule has 3 atom stereocenters. The standard InChI is InChI=1S/C12H21N3O6.C3H4F2O/c1-5(2)9(13)11(19)14-6(3)10(18)15-7(12(20)21)4-8(16)17;4-1-3(6)2-5/h5-7,9H,4,13H2,1-3H3,(H,14,19)(H,15,18)(H,16,17)(H,20,21);1-2H2. The minimum Gasteiger partial charge on any atom is -0.481 e. The Kier molecular flexibility index (Phi) is 13.4. The molecule has 0 aliphatic carbocycles. The molecule has 6 N–H and O–H groups in total. The molecular weight excluding hydrogens is 372 g/mol. The Bertz CT molecular complexity index is 538. The van der Waals surface area contributed by atoms with E-state index in [9.17, 15) is 32.8 Å². The van der Waals surface area contributed by atoms with Crippen molar-refractivity contribution in [1.29, 1.82) is 0 Å². The number of alkyl halides is 2. The van der Waals surface area contributed by atoms with Crippen molar-refractivity contribution in [2.45, 2.75) is 45.3 Å². The first kappa shape index (κ1) is 26.6. The molecule has 0 heterocycles. The zero-order valence-corrected chi connectivity index (χ0v) is 15.2. The second-order valence-corrected chi connectivity index (χ2v) is 5.80. The molecular formula is C15H25F2N3O7. The molecule has 3 unspecified atom stereocenters. The molecule has 0 saturated carbocycles. The van der Waals surface area contributed by atoms with Crippen LogP contribution in [-0.4, -0.2) is 71.2 Å². The predicted molar refractivity (Wildman–Crippen MR) is 89.2 cm³/mol. The number of aliphatic carboxylic acids is 2. The zero-order chi connectivity index (χ0) is 21.7. The summed E-state index contributed by atoms with van der Waals surface area (Å²) in [5.74, 6) is -5.29. The number of nitrogens with one attached hydrogen (secondary N) is 2. The number of carbonyl (C=O) groups excluding carboxylic acids is 3. The summed E-state index contributed by atoms with van der Waals surface area (Å²) in [6.07, 6.45) is -0.757. The van der Waals surface area contributed by atoms with E-state index in [0.29, 0.717) is 0 Å². The molecule has 0 aliphatic rings. The molecule has 12 heteroatoms. The summed E-state index contributed by atoms with van der Waals surface area (Å²) in [5, 5.41) is 21.8. The van der Waals surface area contributed by atoms with Gasteiger partial charge in [-0.25, -0.2) is 13.6 Å². The van der Waals surface area contributed by atoms with Crippen LogP contribution >= 0.6 is 0 Å². The Morgan fingerprint density at radius 1 is 0.926 bits per heavy atom. The lowest BCUT2D eigenvalue weighted by molar-refractivity contribution is -0.147. The first-order chi connectivity index (χ1) is 12.4. The van der Waals surface area contributed by atoms with Crippen LogP contribution in [0.4, 0.5) is 8.78 Å². The number of amides is 2. The first-order valence-electron chi connectivity index (χ1n) is 7.81. The molecule has 10 nitrogen and oxygen atoms in total. The summed E-state index contributed by atoms with van der Waals surface area (Å²) in [4.78, 5) is 54.2. The van der Waals surface area contributed by atoms with Gasteiger partial charge < -0.3 is 26.6 Å². The van der Waals surface area contributed by atoms with Gasteiger partial charge in [0, 0.05) is 0 Å². The zero-order valence-electron chi connectivity index (χ0n) is 15.2. The van der Waals surface area contributed by atoms with Crippen molar-refractivity contribution in [1.82, 2.24) is 10.6 Å². The van der Waals surface area contributed by atoms with Crippen molar-refractivity contribution < 1.29 is 43.0 Å². The van der Waals surface area contributed by atoms with Crippen LogP contribution in [0.5, 0.6) is 0 Å².